The summed E-state index contributed by atoms with van der Waals surface area (Å²) in [7, 11) is 1.61. The van der Waals surface area contributed by atoms with Gasteiger partial charge in [0.25, 0.3) is 11.8 Å². The molecule has 2 aliphatic rings. The van der Waals surface area contributed by atoms with Gasteiger partial charge in [-0.3, -0.25) is 14.5 Å². The molecule has 2 amide bonds. The van der Waals surface area contributed by atoms with E-state index in [0.29, 0.717) is 44.1 Å². The van der Waals surface area contributed by atoms with Crippen LogP contribution >= 0.6 is 0 Å². The number of benzene rings is 1. The number of rotatable bonds is 8. The molecule has 2 heterocycles. The summed E-state index contributed by atoms with van der Waals surface area (Å²) in [5.74, 6) is 0.354. The highest BCUT2D eigenvalue weighted by Gasteiger charge is 2.41. The molecule has 6 heteroatoms. The Kier molecular flexibility index (Phi) is 6.50. The molecular weight excluding hydrogens is 344 g/mol. The fraction of sp³-hybridized carbons (Fsp3) is 0.524. The zero-order valence-electron chi connectivity index (χ0n) is 16.2. The Morgan fingerprint density at radius 3 is 2.33 bits per heavy atom. The molecule has 0 N–H and O–H groups in total. The van der Waals surface area contributed by atoms with Gasteiger partial charge >= 0.3 is 0 Å². The predicted molar refractivity (Wildman–Crippen MR) is 103 cm³/mol. The van der Waals surface area contributed by atoms with Gasteiger partial charge in [0.2, 0.25) is 0 Å². The van der Waals surface area contributed by atoms with Crippen LogP contribution in [0.15, 0.2) is 30.0 Å². The van der Waals surface area contributed by atoms with E-state index in [1.54, 1.807) is 7.11 Å². The molecule has 0 aromatic heterocycles. The van der Waals surface area contributed by atoms with Crippen LogP contribution in [-0.4, -0.2) is 61.6 Å². The number of nitrogens with zero attached hydrogens (tertiary/aromatic N) is 2. The molecule has 0 spiro atoms. The van der Waals surface area contributed by atoms with Crippen molar-refractivity contribution in [3.8, 4) is 5.75 Å². The van der Waals surface area contributed by atoms with E-state index in [1.165, 1.54) is 4.90 Å². The van der Waals surface area contributed by atoms with E-state index >= 15 is 0 Å². The third-order valence-electron chi connectivity index (χ3n) is 5.08. The van der Waals surface area contributed by atoms with Crippen molar-refractivity contribution in [1.82, 2.24) is 9.80 Å². The van der Waals surface area contributed by atoms with Gasteiger partial charge in [-0.15, -0.1) is 0 Å². The molecule has 146 valence electrons. The molecule has 1 fully saturated rings. The van der Waals surface area contributed by atoms with E-state index < -0.39 is 0 Å². The maximum Gasteiger partial charge on any atom is 0.277 e. The van der Waals surface area contributed by atoms with Crippen LogP contribution < -0.4 is 4.74 Å². The van der Waals surface area contributed by atoms with E-state index in [4.69, 9.17) is 9.47 Å². The second kappa shape index (κ2) is 9.04. The first-order valence-corrected chi connectivity index (χ1v) is 9.75. The smallest absolute Gasteiger partial charge is 0.277 e. The Balaban J connectivity index is 1.90. The summed E-state index contributed by atoms with van der Waals surface area (Å²) >= 11 is 0. The number of hydrogen-bond donors (Lipinski definition) is 0. The summed E-state index contributed by atoms with van der Waals surface area (Å²) < 4.78 is 10.6. The molecule has 1 aromatic carbocycles. The molecule has 0 bridgehead atoms. The van der Waals surface area contributed by atoms with E-state index in [2.05, 4.69) is 6.92 Å². The number of carbonyl (C=O) groups is 2. The van der Waals surface area contributed by atoms with Gasteiger partial charge in [0.1, 0.15) is 11.4 Å². The van der Waals surface area contributed by atoms with Crippen LogP contribution in [0.2, 0.25) is 0 Å². The molecule has 27 heavy (non-hydrogen) atoms. The minimum Gasteiger partial charge on any atom is -0.497 e. The van der Waals surface area contributed by atoms with E-state index in [0.717, 1.165) is 37.0 Å². The Bertz CT molecular complexity index is 705. The summed E-state index contributed by atoms with van der Waals surface area (Å²) in [6.07, 6.45) is 4.11. The Morgan fingerprint density at radius 1 is 1.00 bits per heavy atom. The van der Waals surface area contributed by atoms with Crippen molar-refractivity contribution in [1.29, 1.82) is 0 Å². The fourth-order valence-electron chi connectivity index (χ4n) is 3.56. The van der Waals surface area contributed by atoms with Crippen LogP contribution in [0.5, 0.6) is 5.75 Å². The Labute approximate surface area is 160 Å². The zero-order valence-corrected chi connectivity index (χ0v) is 16.2. The highest BCUT2D eigenvalue weighted by molar-refractivity contribution is 6.35. The molecule has 1 saturated heterocycles. The van der Waals surface area contributed by atoms with Crippen molar-refractivity contribution in [2.45, 2.75) is 32.6 Å². The highest BCUT2D eigenvalue weighted by atomic mass is 16.5. The van der Waals surface area contributed by atoms with Crippen LogP contribution in [0, 0.1) is 0 Å². The number of imide groups is 1. The second-order valence-corrected chi connectivity index (χ2v) is 6.87. The topological polar surface area (TPSA) is 59.1 Å². The van der Waals surface area contributed by atoms with Crippen LogP contribution in [0.4, 0.5) is 0 Å². The van der Waals surface area contributed by atoms with Crippen molar-refractivity contribution in [2.75, 3.05) is 40.0 Å². The van der Waals surface area contributed by atoms with Crippen molar-refractivity contribution in [3.63, 3.8) is 0 Å². The number of unbranched alkanes of at least 4 members (excludes halogenated alkanes) is 3. The summed E-state index contributed by atoms with van der Waals surface area (Å²) in [4.78, 5) is 29.7. The van der Waals surface area contributed by atoms with Crippen molar-refractivity contribution in [3.05, 3.63) is 35.5 Å². The number of hydrogen-bond acceptors (Lipinski definition) is 5. The molecule has 0 atom stereocenters. The SMILES string of the molecule is CCCCCCN1C(=O)C(c2ccc(OC)cc2)=C(N2CCOCC2)C1=O. The number of carbonyl (C=O) groups excluding carboxylic acids is 2. The van der Waals surface area contributed by atoms with E-state index in [1.807, 2.05) is 29.2 Å². The monoisotopic (exact) mass is 372 g/mol. The fourth-order valence-corrected chi connectivity index (χ4v) is 3.56. The van der Waals surface area contributed by atoms with Gasteiger partial charge in [-0.2, -0.15) is 0 Å². The van der Waals surface area contributed by atoms with Gasteiger partial charge < -0.3 is 14.4 Å². The third kappa shape index (κ3) is 4.16. The summed E-state index contributed by atoms with van der Waals surface area (Å²) in [6, 6.07) is 7.34. The predicted octanol–water partition coefficient (Wildman–Crippen LogP) is 2.69. The summed E-state index contributed by atoms with van der Waals surface area (Å²) in [5, 5.41) is 0. The molecular formula is C21H28N2O4. The van der Waals surface area contributed by atoms with Gasteiger partial charge in [-0.05, 0) is 24.1 Å². The molecule has 2 aliphatic heterocycles. The van der Waals surface area contributed by atoms with Crippen LogP contribution in [0.1, 0.15) is 38.2 Å². The Morgan fingerprint density at radius 2 is 1.70 bits per heavy atom. The van der Waals surface area contributed by atoms with E-state index in [-0.39, 0.29) is 11.8 Å². The largest absolute Gasteiger partial charge is 0.497 e. The molecule has 6 nitrogen and oxygen atoms in total. The lowest BCUT2D eigenvalue weighted by molar-refractivity contribution is -0.137. The Hall–Kier alpha value is -2.34. The maximum absolute atomic E-state index is 13.1. The average molecular weight is 372 g/mol. The first kappa shape index (κ1) is 19.4. The van der Waals surface area contributed by atoms with Gasteiger partial charge in [0.05, 0.1) is 25.9 Å². The normalized spacial score (nSPS) is 17.9. The van der Waals surface area contributed by atoms with Crippen LogP contribution in [0.25, 0.3) is 5.57 Å². The molecule has 0 saturated carbocycles. The second-order valence-electron chi connectivity index (χ2n) is 6.87. The first-order valence-electron chi connectivity index (χ1n) is 9.75. The highest BCUT2D eigenvalue weighted by Crippen LogP contribution is 2.33. The lowest BCUT2D eigenvalue weighted by Gasteiger charge is -2.29. The quantitative estimate of drug-likeness (QED) is 0.519. The molecule has 1 aromatic rings. The third-order valence-corrected chi connectivity index (χ3v) is 5.08. The van der Waals surface area contributed by atoms with Crippen LogP contribution in [-0.2, 0) is 14.3 Å². The van der Waals surface area contributed by atoms with E-state index in [9.17, 15) is 9.59 Å². The first-order chi connectivity index (χ1) is 13.2. The van der Waals surface area contributed by atoms with Gasteiger partial charge in [-0.1, -0.05) is 38.3 Å². The summed E-state index contributed by atoms with van der Waals surface area (Å²) in [5.41, 5.74) is 1.77. The van der Waals surface area contributed by atoms with Gasteiger partial charge in [0, 0.05) is 19.6 Å². The number of amides is 2. The minimum absolute atomic E-state index is 0.177. The molecule has 0 aliphatic carbocycles. The van der Waals surface area contributed by atoms with Crippen molar-refractivity contribution >= 4 is 17.4 Å². The lowest BCUT2D eigenvalue weighted by atomic mass is 10.0. The lowest BCUT2D eigenvalue weighted by Crippen LogP contribution is -2.40. The number of methoxy groups -OCH3 is 1. The molecule has 0 unspecified atom stereocenters. The van der Waals surface area contributed by atoms with Crippen molar-refractivity contribution in [2.24, 2.45) is 0 Å². The zero-order chi connectivity index (χ0) is 19.2. The van der Waals surface area contributed by atoms with Crippen molar-refractivity contribution < 1.29 is 19.1 Å². The molecule has 3 rings (SSSR count). The summed E-state index contributed by atoms with van der Waals surface area (Å²) in [6.45, 7) is 5.00. The maximum atomic E-state index is 13.1. The molecule has 0 radical (unpaired) electrons. The number of ether oxygens (including phenoxy) is 2. The minimum atomic E-state index is -0.192. The van der Waals surface area contributed by atoms with Gasteiger partial charge in [-0.25, -0.2) is 0 Å². The number of morpholine rings is 1. The van der Waals surface area contributed by atoms with Crippen LogP contribution in [0.3, 0.4) is 0 Å². The standard InChI is InChI=1S/C21H28N2O4/c1-3-4-5-6-11-23-20(24)18(16-7-9-17(26-2)10-8-16)19(21(23)25)22-12-14-27-15-13-22/h7-10H,3-6,11-15H2,1-2H3. The van der Waals surface area contributed by atoms with Gasteiger partial charge in [0.15, 0.2) is 0 Å². The average Bonchev–Trinajstić information content (AvgIpc) is 2.96.